The summed E-state index contributed by atoms with van der Waals surface area (Å²) in [5, 5.41) is 13.1. The van der Waals surface area contributed by atoms with Crippen LogP contribution >= 0.6 is 22.6 Å². The summed E-state index contributed by atoms with van der Waals surface area (Å²) in [5.41, 5.74) is 0.953. The van der Waals surface area contributed by atoms with Crippen molar-refractivity contribution in [1.29, 1.82) is 0 Å². The van der Waals surface area contributed by atoms with Crippen molar-refractivity contribution in [2.24, 2.45) is 0 Å². The number of nitrogens with one attached hydrogen (secondary N) is 1. The Bertz CT molecular complexity index is 545. The van der Waals surface area contributed by atoms with Crippen molar-refractivity contribution in [3.63, 3.8) is 0 Å². The Hall–Kier alpha value is -0.950. The molecular formula is C13H16IN3O. The van der Waals surface area contributed by atoms with E-state index in [1.54, 1.807) is 0 Å². The molecule has 0 amide bonds. The standard InChI is InChI=1S/C13H16IN3O/c1-2-3-12-16-11-5-4-9(14)8-10(11)13(17-12)15-6-7-18/h4-5,8,18H,2-3,6-7H2,1H3,(H,15,16,17). The van der Waals surface area contributed by atoms with E-state index in [-0.39, 0.29) is 6.61 Å². The van der Waals surface area contributed by atoms with Gasteiger partial charge in [0.25, 0.3) is 0 Å². The summed E-state index contributed by atoms with van der Waals surface area (Å²) in [5.74, 6) is 1.67. The van der Waals surface area contributed by atoms with Gasteiger partial charge in [0.15, 0.2) is 0 Å². The van der Waals surface area contributed by atoms with E-state index in [9.17, 15) is 0 Å². The molecule has 0 fully saturated rings. The van der Waals surface area contributed by atoms with E-state index in [0.717, 1.165) is 39.0 Å². The Labute approximate surface area is 120 Å². The zero-order valence-electron chi connectivity index (χ0n) is 10.3. The number of aryl methyl sites for hydroxylation is 1. The fourth-order valence-electron chi connectivity index (χ4n) is 1.79. The third-order valence-electron chi connectivity index (χ3n) is 2.58. The minimum Gasteiger partial charge on any atom is -0.395 e. The van der Waals surface area contributed by atoms with Gasteiger partial charge in [-0.15, -0.1) is 0 Å². The molecule has 96 valence electrons. The van der Waals surface area contributed by atoms with Crippen molar-refractivity contribution in [1.82, 2.24) is 9.97 Å². The third kappa shape index (κ3) is 3.08. The van der Waals surface area contributed by atoms with Gasteiger partial charge in [0, 0.05) is 21.9 Å². The molecule has 0 aliphatic carbocycles. The molecule has 0 atom stereocenters. The molecule has 0 aliphatic heterocycles. The molecule has 2 aromatic rings. The van der Waals surface area contributed by atoms with Gasteiger partial charge in [-0.2, -0.15) is 0 Å². The zero-order chi connectivity index (χ0) is 13.0. The summed E-state index contributed by atoms with van der Waals surface area (Å²) in [6.45, 7) is 2.71. The van der Waals surface area contributed by atoms with Crippen LogP contribution in [0.1, 0.15) is 19.2 Å². The number of benzene rings is 1. The number of fused-ring (bicyclic) bond motifs is 1. The molecule has 1 aromatic heterocycles. The number of hydrogen-bond donors (Lipinski definition) is 2. The monoisotopic (exact) mass is 357 g/mol. The first-order valence-electron chi connectivity index (χ1n) is 6.05. The maximum absolute atomic E-state index is 8.92. The van der Waals surface area contributed by atoms with Crippen LogP contribution in [0.2, 0.25) is 0 Å². The van der Waals surface area contributed by atoms with Gasteiger partial charge in [-0.25, -0.2) is 9.97 Å². The van der Waals surface area contributed by atoms with Gasteiger partial charge in [0.1, 0.15) is 11.6 Å². The van der Waals surface area contributed by atoms with Gasteiger partial charge in [-0.05, 0) is 47.2 Å². The molecule has 0 bridgehead atoms. The Morgan fingerprint density at radius 3 is 2.89 bits per heavy atom. The van der Waals surface area contributed by atoms with Gasteiger partial charge in [0.05, 0.1) is 12.1 Å². The van der Waals surface area contributed by atoms with Crippen molar-refractivity contribution in [2.75, 3.05) is 18.5 Å². The summed E-state index contributed by atoms with van der Waals surface area (Å²) in [6, 6.07) is 6.12. The first-order chi connectivity index (χ1) is 8.74. The third-order valence-corrected chi connectivity index (χ3v) is 3.25. The van der Waals surface area contributed by atoms with Crippen molar-refractivity contribution >= 4 is 39.3 Å². The SMILES string of the molecule is CCCc1nc(NCCO)c2cc(I)ccc2n1. The maximum atomic E-state index is 8.92. The Kier molecular flexibility index (Phi) is 4.71. The van der Waals surface area contributed by atoms with Crippen LogP contribution in [-0.2, 0) is 6.42 Å². The topological polar surface area (TPSA) is 58.0 Å². The molecule has 0 unspecified atom stereocenters. The molecule has 0 radical (unpaired) electrons. The first-order valence-corrected chi connectivity index (χ1v) is 7.13. The minimum atomic E-state index is 0.0958. The number of aliphatic hydroxyl groups is 1. The summed E-state index contributed by atoms with van der Waals surface area (Å²) >= 11 is 2.27. The molecule has 18 heavy (non-hydrogen) atoms. The van der Waals surface area contributed by atoms with E-state index in [2.05, 4.69) is 50.9 Å². The van der Waals surface area contributed by atoms with Crippen LogP contribution in [0.3, 0.4) is 0 Å². The molecule has 1 heterocycles. The van der Waals surface area contributed by atoms with Gasteiger partial charge in [-0.3, -0.25) is 0 Å². The first kappa shape index (κ1) is 13.5. The summed E-state index contributed by atoms with van der Waals surface area (Å²) in [7, 11) is 0. The molecule has 4 nitrogen and oxygen atoms in total. The van der Waals surface area contributed by atoms with E-state index in [0.29, 0.717) is 6.54 Å². The van der Waals surface area contributed by atoms with Gasteiger partial charge in [-0.1, -0.05) is 6.92 Å². The summed E-state index contributed by atoms with van der Waals surface area (Å²) < 4.78 is 1.15. The highest BCUT2D eigenvalue weighted by molar-refractivity contribution is 14.1. The number of rotatable bonds is 5. The second-order valence-corrected chi connectivity index (χ2v) is 5.30. The fraction of sp³-hybridized carbons (Fsp3) is 0.385. The number of nitrogens with zero attached hydrogens (tertiary/aromatic N) is 2. The lowest BCUT2D eigenvalue weighted by molar-refractivity contribution is 0.311. The van der Waals surface area contributed by atoms with E-state index >= 15 is 0 Å². The molecule has 0 aliphatic rings. The molecule has 2 N–H and O–H groups in total. The number of aromatic nitrogens is 2. The Morgan fingerprint density at radius 1 is 1.33 bits per heavy atom. The van der Waals surface area contributed by atoms with Crippen LogP contribution in [-0.4, -0.2) is 28.2 Å². The van der Waals surface area contributed by atoms with Crippen molar-refractivity contribution in [3.8, 4) is 0 Å². The smallest absolute Gasteiger partial charge is 0.137 e. The quantitative estimate of drug-likeness (QED) is 0.808. The molecule has 2 rings (SSSR count). The highest BCUT2D eigenvalue weighted by Crippen LogP contribution is 2.23. The van der Waals surface area contributed by atoms with Crippen LogP contribution < -0.4 is 5.32 Å². The lowest BCUT2D eigenvalue weighted by atomic mass is 10.2. The number of anilines is 1. The number of hydrogen-bond acceptors (Lipinski definition) is 4. The lowest BCUT2D eigenvalue weighted by Gasteiger charge is -2.10. The predicted molar refractivity (Wildman–Crippen MR) is 81.8 cm³/mol. The van der Waals surface area contributed by atoms with Gasteiger partial charge >= 0.3 is 0 Å². The van der Waals surface area contributed by atoms with E-state index in [4.69, 9.17) is 5.11 Å². The van der Waals surface area contributed by atoms with Crippen LogP contribution in [0.15, 0.2) is 18.2 Å². The largest absolute Gasteiger partial charge is 0.395 e. The van der Waals surface area contributed by atoms with Crippen LogP contribution in [0, 0.1) is 3.57 Å². The molecule has 0 saturated carbocycles. The van der Waals surface area contributed by atoms with Crippen molar-refractivity contribution in [2.45, 2.75) is 19.8 Å². The van der Waals surface area contributed by atoms with Gasteiger partial charge < -0.3 is 10.4 Å². The Morgan fingerprint density at radius 2 is 2.17 bits per heavy atom. The van der Waals surface area contributed by atoms with Crippen molar-refractivity contribution < 1.29 is 5.11 Å². The lowest BCUT2D eigenvalue weighted by Crippen LogP contribution is -2.09. The van der Waals surface area contributed by atoms with Crippen LogP contribution in [0.5, 0.6) is 0 Å². The number of halogens is 1. The normalized spacial score (nSPS) is 10.8. The maximum Gasteiger partial charge on any atom is 0.137 e. The van der Waals surface area contributed by atoms with E-state index in [1.807, 2.05) is 12.1 Å². The van der Waals surface area contributed by atoms with Gasteiger partial charge in [0.2, 0.25) is 0 Å². The average Bonchev–Trinajstić information content (AvgIpc) is 2.37. The average molecular weight is 357 g/mol. The molecule has 0 spiro atoms. The molecular weight excluding hydrogens is 341 g/mol. The van der Waals surface area contributed by atoms with E-state index < -0.39 is 0 Å². The minimum absolute atomic E-state index is 0.0958. The van der Waals surface area contributed by atoms with E-state index in [1.165, 1.54) is 0 Å². The highest BCUT2D eigenvalue weighted by Gasteiger charge is 2.07. The van der Waals surface area contributed by atoms with Crippen LogP contribution in [0.25, 0.3) is 10.9 Å². The summed E-state index contributed by atoms with van der Waals surface area (Å²) in [6.07, 6.45) is 1.89. The molecule has 1 aromatic carbocycles. The highest BCUT2D eigenvalue weighted by atomic mass is 127. The predicted octanol–water partition coefficient (Wildman–Crippen LogP) is 2.59. The van der Waals surface area contributed by atoms with Crippen molar-refractivity contribution in [3.05, 3.63) is 27.6 Å². The summed E-state index contributed by atoms with van der Waals surface area (Å²) in [4.78, 5) is 9.09. The fourth-order valence-corrected chi connectivity index (χ4v) is 2.28. The Balaban J connectivity index is 2.50. The molecule has 5 heteroatoms. The number of aliphatic hydroxyl groups excluding tert-OH is 1. The zero-order valence-corrected chi connectivity index (χ0v) is 12.4. The van der Waals surface area contributed by atoms with Crippen LogP contribution in [0.4, 0.5) is 5.82 Å². The molecule has 0 saturated heterocycles. The second-order valence-electron chi connectivity index (χ2n) is 4.05. The second kappa shape index (κ2) is 6.29.